The van der Waals surface area contributed by atoms with E-state index in [1.807, 2.05) is 36.6 Å². The number of rotatable bonds is 6. The minimum atomic E-state index is -0.673. The molecular weight excluding hydrogens is 344 g/mol. The highest BCUT2D eigenvalue weighted by atomic mass is 32.1. The maximum absolute atomic E-state index is 13.2. The van der Waals surface area contributed by atoms with Crippen molar-refractivity contribution in [3.63, 3.8) is 0 Å². The number of thiazole rings is 1. The molecule has 0 saturated carbocycles. The van der Waals surface area contributed by atoms with Crippen LogP contribution in [0.4, 0.5) is 13.9 Å². The van der Waals surface area contributed by atoms with Crippen molar-refractivity contribution in [1.29, 1.82) is 0 Å². The van der Waals surface area contributed by atoms with E-state index < -0.39 is 11.6 Å². The summed E-state index contributed by atoms with van der Waals surface area (Å²) in [5, 5.41) is 6.80. The molecule has 0 atom stereocenters. The number of aryl methyl sites for hydroxylation is 1. The van der Waals surface area contributed by atoms with Gasteiger partial charge in [-0.3, -0.25) is 5.43 Å². The van der Waals surface area contributed by atoms with Crippen molar-refractivity contribution in [2.45, 2.75) is 13.5 Å². The molecule has 0 fully saturated rings. The molecule has 0 aliphatic rings. The fraction of sp³-hybridized carbons (Fsp3) is 0.111. The SMILES string of the molecule is Cc1csc(NN=Cc2ccccc2COc2cc(F)cc(F)c2)n1. The van der Waals surface area contributed by atoms with Crippen molar-refractivity contribution in [2.24, 2.45) is 5.10 Å². The van der Waals surface area contributed by atoms with Gasteiger partial charge in [0.15, 0.2) is 0 Å². The minimum Gasteiger partial charge on any atom is -0.489 e. The lowest BCUT2D eigenvalue weighted by atomic mass is 10.1. The number of hydrogen-bond donors (Lipinski definition) is 1. The van der Waals surface area contributed by atoms with Crippen molar-refractivity contribution in [1.82, 2.24) is 4.98 Å². The van der Waals surface area contributed by atoms with Crippen molar-refractivity contribution < 1.29 is 13.5 Å². The Morgan fingerprint density at radius 2 is 1.96 bits per heavy atom. The lowest BCUT2D eigenvalue weighted by Gasteiger charge is -2.09. The normalized spacial score (nSPS) is 11.0. The van der Waals surface area contributed by atoms with E-state index in [0.717, 1.165) is 35.0 Å². The van der Waals surface area contributed by atoms with Crippen LogP contribution in [-0.2, 0) is 6.61 Å². The van der Waals surface area contributed by atoms with Gasteiger partial charge in [0, 0.05) is 29.1 Å². The zero-order valence-electron chi connectivity index (χ0n) is 13.4. The summed E-state index contributed by atoms with van der Waals surface area (Å²) in [5.74, 6) is -1.21. The number of nitrogens with one attached hydrogen (secondary N) is 1. The summed E-state index contributed by atoms with van der Waals surface area (Å²) in [4.78, 5) is 4.25. The average Bonchev–Trinajstić information content (AvgIpc) is 2.98. The molecule has 4 nitrogen and oxygen atoms in total. The Morgan fingerprint density at radius 1 is 1.20 bits per heavy atom. The predicted octanol–water partition coefficient (Wildman–Crippen LogP) is 4.75. The van der Waals surface area contributed by atoms with Crippen LogP contribution in [0.25, 0.3) is 0 Å². The second kappa shape index (κ2) is 7.85. The van der Waals surface area contributed by atoms with Crippen LogP contribution in [0.5, 0.6) is 5.75 Å². The predicted molar refractivity (Wildman–Crippen MR) is 95.2 cm³/mol. The highest BCUT2D eigenvalue weighted by Gasteiger charge is 2.04. The first-order valence-corrected chi connectivity index (χ1v) is 8.36. The summed E-state index contributed by atoms with van der Waals surface area (Å²) in [5.41, 5.74) is 5.47. The second-order valence-corrected chi connectivity index (χ2v) is 6.11. The first kappa shape index (κ1) is 17.0. The number of hydrazone groups is 1. The van der Waals surface area contributed by atoms with Crippen LogP contribution in [0, 0.1) is 18.6 Å². The maximum Gasteiger partial charge on any atom is 0.203 e. The summed E-state index contributed by atoms with van der Waals surface area (Å²) in [7, 11) is 0. The quantitative estimate of drug-likeness (QED) is 0.510. The summed E-state index contributed by atoms with van der Waals surface area (Å²) >= 11 is 1.47. The Hall–Kier alpha value is -2.80. The van der Waals surface area contributed by atoms with Gasteiger partial charge in [0.25, 0.3) is 0 Å². The number of benzene rings is 2. The van der Waals surface area contributed by atoms with Crippen LogP contribution in [0.1, 0.15) is 16.8 Å². The molecule has 0 saturated heterocycles. The van der Waals surface area contributed by atoms with Gasteiger partial charge in [-0.25, -0.2) is 13.8 Å². The first-order chi connectivity index (χ1) is 12.1. The molecule has 0 amide bonds. The Bertz CT molecular complexity index is 875. The van der Waals surface area contributed by atoms with Gasteiger partial charge in [-0.1, -0.05) is 24.3 Å². The third-order valence-electron chi connectivity index (χ3n) is 3.27. The molecule has 0 aliphatic heterocycles. The molecule has 3 aromatic rings. The number of anilines is 1. The van der Waals surface area contributed by atoms with Crippen LogP contribution in [0.15, 0.2) is 52.9 Å². The van der Waals surface area contributed by atoms with E-state index >= 15 is 0 Å². The zero-order chi connectivity index (χ0) is 17.6. The summed E-state index contributed by atoms with van der Waals surface area (Å²) in [6.45, 7) is 2.08. The maximum atomic E-state index is 13.2. The summed E-state index contributed by atoms with van der Waals surface area (Å²) < 4.78 is 31.9. The number of ether oxygens (including phenoxy) is 1. The fourth-order valence-corrected chi connectivity index (χ4v) is 2.76. The Balaban J connectivity index is 1.67. The topological polar surface area (TPSA) is 46.5 Å². The lowest BCUT2D eigenvalue weighted by Crippen LogP contribution is -2.01. The van der Waals surface area contributed by atoms with E-state index in [2.05, 4.69) is 15.5 Å². The van der Waals surface area contributed by atoms with Crippen molar-refractivity contribution in [2.75, 3.05) is 5.43 Å². The lowest BCUT2D eigenvalue weighted by molar-refractivity contribution is 0.302. The van der Waals surface area contributed by atoms with E-state index in [9.17, 15) is 8.78 Å². The average molecular weight is 359 g/mol. The molecule has 0 radical (unpaired) electrons. The number of hydrogen-bond acceptors (Lipinski definition) is 5. The Kier molecular flexibility index (Phi) is 5.35. The molecule has 2 aromatic carbocycles. The van der Waals surface area contributed by atoms with E-state index in [4.69, 9.17) is 4.74 Å². The molecule has 25 heavy (non-hydrogen) atoms. The molecule has 128 valence electrons. The molecule has 3 rings (SSSR count). The van der Waals surface area contributed by atoms with E-state index in [1.54, 1.807) is 6.21 Å². The largest absolute Gasteiger partial charge is 0.489 e. The van der Waals surface area contributed by atoms with Gasteiger partial charge >= 0.3 is 0 Å². The standard InChI is InChI=1S/C18H15F2N3OS/c1-12-11-25-18(22-12)23-21-9-13-4-2-3-5-14(13)10-24-17-7-15(19)6-16(20)8-17/h2-9,11H,10H2,1H3,(H,22,23). The smallest absolute Gasteiger partial charge is 0.203 e. The van der Waals surface area contributed by atoms with Crippen LogP contribution in [0.3, 0.4) is 0 Å². The molecule has 1 heterocycles. The third-order valence-corrected chi connectivity index (χ3v) is 4.13. The monoisotopic (exact) mass is 359 g/mol. The van der Waals surface area contributed by atoms with Gasteiger partial charge in [-0.15, -0.1) is 11.3 Å². The second-order valence-electron chi connectivity index (χ2n) is 5.26. The highest BCUT2D eigenvalue weighted by molar-refractivity contribution is 7.13. The zero-order valence-corrected chi connectivity index (χ0v) is 14.2. The van der Waals surface area contributed by atoms with Gasteiger partial charge < -0.3 is 4.74 Å². The van der Waals surface area contributed by atoms with Gasteiger partial charge in [0.2, 0.25) is 5.13 Å². The number of halogens is 2. The summed E-state index contributed by atoms with van der Waals surface area (Å²) in [6.07, 6.45) is 1.65. The number of aromatic nitrogens is 1. The van der Waals surface area contributed by atoms with Gasteiger partial charge in [-0.2, -0.15) is 5.10 Å². The van der Waals surface area contributed by atoms with Gasteiger partial charge in [0.05, 0.1) is 11.9 Å². The molecule has 0 bridgehead atoms. The molecule has 0 unspecified atom stereocenters. The molecule has 1 aromatic heterocycles. The van der Waals surface area contributed by atoms with Gasteiger partial charge in [0.1, 0.15) is 24.0 Å². The van der Waals surface area contributed by atoms with Crippen LogP contribution in [0.2, 0.25) is 0 Å². The third kappa shape index (κ3) is 4.84. The first-order valence-electron chi connectivity index (χ1n) is 7.48. The van der Waals surface area contributed by atoms with Gasteiger partial charge in [-0.05, 0) is 12.5 Å². The van der Waals surface area contributed by atoms with E-state index in [-0.39, 0.29) is 12.4 Å². The highest BCUT2D eigenvalue weighted by Crippen LogP contribution is 2.18. The van der Waals surface area contributed by atoms with Crippen molar-refractivity contribution in [3.05, 3.63) is 76.3 Å². The van der Waals surface area contributed by atoms with Crippen LogP contribution >= 0.6 is 11.3 Å². The summed E-state index contributed by atoms with van der Waals surface area (Å²) in [6, 6.07) is 10.6. The Labute approximate surface area is 147 Å². The van der Waals surface area contributed by atoms with Crippen molar-refractivity contribution in [3.8, 4) is 5.75 Å². The van der Waals surface area contributed by atoms with Crippen LogP contribution in [-0.4, -0.2) is 11.2 Å². The van der Waals surface area contributed by atoms with E-state index in [1.165, 1.54) is 11.3 Å². The fourth-order valence-electron chi connectivity index (χ4n) is 2.13. The molecule has 7 heteroatoms. The van der Waals surface area contributed by atoms with Crippen LogP contribution < -0.4 is 10.2 Å². The van der Waals surface area contributed by atoms with E-state index in [0.29, 0.717) is 5.13 Å². The Morgan fingerprint density at radius 3 is 2.68 bits per heavy atom. The minimum absolute atomic E-state index is 0.139. The molecule has 0 spiro atoms. The molecule has 0 aliphatic carbocycles. The molecule has 1 N–H and O–H groups in total. The number of nitrogens with zero attached hydrogens (tertiary/aromatic N) is 2. The van der Waals surface area contributed by atoms with Crippen molar-refractivity contribution >= 4 is 22.7 Å². The molecular formula is C18H15F2N3OS.